The summed E-state index contributed by atoms with van der Waals surface area (Å²) in [7, 11) is 3.63. The molecule has 1 unspecified atom stereocenters. The maximum atomic E-state index is 13.2. The molecule has 0 spiro atoms. The Morgan fingerprint density at radius 3 is 2.57 bits per heavy atom. The molecule has 1 amide bonds. The van der Waals surface area contributed by atoms with Crippen molar-refractivity contribution in [3.8, 4) is 5.75 Å². The fourth-order valence-electron chi connectivity index (χ4n) is 3.74. The lowest BCUT2D eigenvalue weighted by Crippen LogP contribution is -3.08. The van der Waals surface area contributed by atoms with Gasteiger partial charge in [0, 0.05) is 6.42 Å². The summed E-state index contributed by atoms with van der Waals surface area (Å²) in [5, 5.41) is 6.39. The Kier molecular flexibility index (Phi) is 5.95. The molecule has 0 fully saturated rings. The third-order valence-corrected chi connectivity index (χ3v) is 5.28. The molecule has 2 aromatic carbocycles. The quantitative estimate of drug-likeness (QED) is 0.659. The van der Waals surface area contributed by atoms with Gasteiger partial charge in [0.25, 0.3) is 5.91 Å². The van der Waals surface area contributed by atoms with Crippen molar-refractivity contribution in [1.82, 2.24) is 5.01 Å². The molecule has 6 heteroatoms. The van der Waals surface area contributed by atoms with Crippen molar-refractivity contribution < 1.29 is 18.8 Å². The van der Waals surface area contributed by atoms with E-state index in [1.54, 1.807) is 18.4 Å². The van der Waals surface area contributed by atoms with Crippen LogP contribution in [0, 0.1) is 0 Å². The van der Waals surface area contributed by atoms with Crippen LogP contribution in [0.15, 0.2) is 82.5 Å². The minimum absolute atomic E-state index is 0.00851. The molecule has 30 heavy (non-hydrogen) atoms. The van der Waals surface area contributed by atoms with Crippen LogP contribution in [0.3, 0.4) is 0 Å². The number of furan rings is 1. The predicted octanol–water partition coefficient (Wildman–Crippen LogP) is 2.68. The van der Waals surface area contributed by atoms with Gasteiger partial charge in [0.1, 0.15) is 12.3 Å². The topological polar surface area (TPSA) is 59.5 Å². The van der Waals surface area contributed by atoms with Crippen molar-refractivity contribution in [1.29, 1.82) is 0 Å². The number of amides is 1. The average Bonchev–Trinajstić information content (AvgIpc) is 3.44. The van der Waals surface area contributed by atoms with E-state index in [0.717, 1.165) is 33.2 Å². The van der Waals surface area contributed by atoms with Gasteiger partial charge in [-0.15, -0.1) is 0 Å². The Labute approximate surface area is 176 Å². The molecule has 0 radical (unpaired) electrons. The first-order valence-electron chi connectivity index (χ1n) is 10.1. The summed E-state index contributed by atoms with van der Waals surface area (Å²) >= 11 is 0. The molecule has 1 aliphatic rings. The Hall–Kier alpha value is -3.38. The second-order valence-corrected chi connectivity index (χ2v) is 7.53. The number of methoxy groups -OCH3 is 1. The van der Waals surface area contributed by atoms with Crippen molar-refractivity contribution in [2.24, 2.45) is 5.10 Å². The lowest BCUT2D eigenvalue weighted by Gasteiger charge is -2.23. The number of likely N-dealkylation sites (N-methyl/N-ethyl adjacent to an activating group) is 1. The minimum Gasteiger partial charge on any atom is -0.497 e. The standard InChI is InChI=1S/C24H25N3O3/c1-26(16-21-9-6-14-30-21)17-24(28)27-23(19-10-12-20(29-2)13-11-19)15-22(25-27)18-7-4-3-5-8-18/h3-14,23H,15-17H2,1-2H3/p+1/t23-/m1/s1. The highest BCUT2D eigenvalue weighted by molar-refractivity contribution is 6.03. The summed E-state index contributed by atoms with van der Waals surface area (Å²) in [6.45, 7) is 0.980. The molecular formula is C24H26N3O3+. The van der Waals surface area contributed by atoms with Gasteiger partial charge in [0.2, 0.25) is 0 Å². The highest BCUT2D eigenvalue weighted by Gasteiger charge is 2.34. The molecule has 1 aliphatic heterocycles. The Balaban J connectivity index is 1.56. The van der Waals surface area contributed by atoms with Crippen LogP contribution < -0.4 is 9.64 Å². The van der Waals surface area contributed by atoms with Crippen LogP contribution in [0.4, 0.5) is 0 Å². The van der Waals surface area contributed by atoms with Crippen LogP contribution >= 0.6 is 0 Å². The van der Waals surface area contributed by atoms with E-state index >= 15 is 0 Å². The molecule has 4 rings (SSSR count). The molecule has 0 saturated heterocycles. The number of quaternary nitrogens is 1. The molecular weight excluding hydrogens is 378 g/mol. The maximum Gasteiger partial charge on any atom is 0.298 e. The van der Waals surface area contributed by atoms with E-state index in [9.17, 15) is 4.79 Å². The number of rotatable bonds is 7. The van der Waals surface area contributed by atoms with Crippen molar-refractivity contribution in [3.05, 3.63) is 89.9 Å². The third kappa shape index (κ3) is 4.44. The van der Waals surface area contributed by atoms with Gasteiger partial charge >= 0.3 is 0 Å². The van der Waals surface area contributed by atoms with E-state index in [-0.39, 0.29) is 11.9 Å². The second-order valence-electron chi connectivity index (χ2n) is 7.53. The van der Waals surface area contributed by atoms with Gasteiger partial charge in [-0.1, -0.05) is 42.5 Å². The molecule has 1 aromatic heterocycles. The summed E-state index contributed by atoms with van der Waals surface area (Å²) < 4.78 is 10.7. The zero-order valence-electron chi connectivity index (χ0n) is 17.2. The number of ether oxygens (including phenoxy) is 1. The van der Waals surface area contributed by atoms with Crippen LogP contribution in [0.25, 0.3) is 0 Å². The van der Waals surface area contributed by atoms with Crippen LogP contribution in [0.1, 0.15) is 29.3 Å². The summed E-state index contributed by atoms with van der Waals surface area (Å²) in [4.78, 5) is 14.3. The number of nitrogens with one attached hydrogen (secondary N) is 1. The van der Waals surface area contributed by atoms with E-state index in [1.807, 2.05) is 73.8 Å². The number of carbonyl (C=O) groups is 1. The van der Waals surface area contributed by atoms with Crippen molar-refractivity contribution in [3.63, 3.8) is 0 Å². The smallest absolute Gasteiger partial charge is 0.298 e. The highest BCUT2D eigenvalue weighted by atomic mass is 16.5. The van der Waals surface area contributed by atoms with Crippen molar-refractivity contribution >= 4 is 11.6 Å². The number of hydrazone groups is 1. The van der Waals surface area contributed by atoms with E-state index in [2.05, 4.69) is 0 Å². The van der Waals surface area contributed by atoms with Crippen molar-refractivity contribution in [2.45, 2.75) is 19.0 Å². The van der Waals surface area contributed by atoms with Crippen LogP contribution in [-0.4, -0.2) is 37.3 Å². The maximum absolute atomic E-state index is 13.2. The first-order valence-corrected chi connectivity index (χ1v) is 10.1. The molecule has 0 bridgehead atoms. The Morgan fingerprint density at radius 2 is 1.90 bits per heavy atom. The second kappa shape index (κ2) is 8.97. The van der Waals surface area contributed by atoms with E-state index in [1.165, 1.54) is 0 Å². The first-order chi connectivity index (χ1) is 14.6. The molecule has 0 aliphatic carbocycles. The zero-order valence-corrected chi connectivity index (χ0v) is 17.2. The lowest BCUT2D eigenvalue weighted by atomic mass is 9.98. The number of hydrogen-bond acceptors (Lipinski definition) is 4. The van der Waals surface area contributed by atoms with Gasteiger partial charge in [-0.2, -0.15) is 5.10 Å². The van der Waals surface area contributed by atoms with Crippen LogP contribution in [0.2, 0.25) is 0 Å². The van der Waals surface area contributed by atoms with Gasteiger partial charge in [-0.05, 0) is 35.4 Å². The summed E-state index contributed by atoms with van der Waals surface area (Å²) in [5.41, 5.74) is 3.01. The molecule has 1 N–H and O–H groups in total. The molecule has 3 aromatic rings. The van der Waals surface area contributed by atoms with E-state index < -0.39 is 0 Å². The molecule has 2 atom stereocenters. The first kappa shape index (κ1) is 19.9. The van der Waals surface area contributed by atoms with Gasteiger partial charge in [-0.3, -0.25) is 4.79 Å². The molecule has 154 valence electrons. The average molecular weight is 404 g/mol. The molecule has 0 saturated carbocycles. The summed E-state index contributed by atoms with van der Waals surface area (Å²) in [6, 6.07) is 21.6. The van der Waals surface area contributed by atoms with E-state index in [0.29, 0.717) is 19.5 Å². The Morgan fingerprint density at radius 1 is 1.13 bits per heavy atom. The largest absolute Gasteiger partial charge is 0.497 e. The fourth-order valence-corrected chi connectivity index (χ4v) is 3.74. The monoisotopic (exact) mass is 404 g/mol. The number of benzene rings is 2. The fraction of sp³-hybridized carbons (Fsp3) is 0.250. The highest BCUT2D eigenvalue weighted by Crippen LogP contribution is 2.33. The molecule has 6 nitrogen and oxygen atoms in total. The van der Waals surface area contributed by atoms with Crippen molar-refractivity contribution in [2.75, 3.05) is 20.7 Å². The summed E-state index contributed by atoms with van der Waals surface area (Å²) in [5.74, 6) is 1.65. The minimum atomic E-state index is -0.130. The Bertz CT molecular complexity index is 998. The van der Waals surface area contributed by atoms with E-state index in [4.69, 9.17) is 14.3 Å². The SMILES string of the molecule is COc1ccc([C@H]2CC(c3ccccc3)=NN2C(=O)C[NH+](C)Cc2ccco2)cc1. The number of carbonyl (C=O) groups excluding carboxylic acids is 1. The zero-order chi connectivity index (χ0) is 20.9. The van der Waals surface area contributed by atoms with Gasteiger partial charge in [0.15, 0.2) is 12.3 Å². The third-order valence-electron chi connectivity index (χ3n) is 5.28. The van der Waals surface area contributed by atoms with Crippen LogP contribution in [0.5, 0.6) is 5.75 Å². The molecule has 2 heterocycles. The predicted molar refractivity (Wildman–Crippen MR) is 114 cm³/mol. The summed E-state index contributed by atoms with van der Waals surface area (Å²) in [6.07, 6.45) is 2.33. The van der Waals surface area contributed by atoms with Gasteiger partial charge in [0.05, 0.1) is 32.2 Å². The normalized spacial score (nSPS) is 16.9. The van der Waals surface area contributed by atoms with Gasteiger partial charge < -0.3 is 14.1 Å². The number of nitrogens with zero attached hydrogens (tertiary/aromatic N) is 2. The van der Waals surface area contributed by atoms with Gasteiger partial charge in [-0.25, -0.2) is 5.01 Å². The number of hydrogen-bond donors (Lipinski definition) is 1. The van der Waals surface area contributed by atoms with Crippen LogP contribution in [-0.2, 0) is 11.3 Å². The lowest BCUT2D eigenvalue weighted by molar-refractivity contribution is -0.886.